The number of nitrogens with one attached hydrogen (secondary N) is 2. The summed E-state index contributed by atoms with van der Waals surface area (Å²) in [6.07, 6.45) is 1.77. The van der Waals surface area contributed by atoms with Crippen molar-refractivity contribution in [2.75, 3.05) is 25.0 Å². The maximum absolute atomic E-state index is 13.9. The number of nitriles is 1. The minimum atomic E-state index is -0.356. The van der Waals surface area contributed by atoms with Crippen molar-refractivity contribution in [3.63, 3.8) is 0 Å². The highest BCUT2D eigenvalue weighted by atomic mass is 19.1. The number of rotatable bonds is 4. The summed E-state index contributed by atoms with van der Waals surface area (Å²) in [7, 11) is 1.67. The van der Waals surface area contributed by atoms with Crippen LogP contribution in [0.25, 0.3) is 0 Å². The van der Waals surface area contributed by atoms with Crippen LogP contribution in [0.1, 0.15) is 24.0 Å². The largest absolute Gasteiger partial charge is 0.371 e. The van der Waals surface area contributed by atoms with Gasteiger partial charge in [0, 0.05) is 44.0 Å². The second-order valence-electron chi connectivity index (χ2n) is 6.73. The van der Waals surface area contributed by atoms with E-state index in [1.165, 1.54) is 24.3 Å². The van der Waals surface area contributed by atoms with Crippen LogP contribution in [0.2, 0.25) is 0 Å². The van der Waals surface area contributed by atoms with E-state index < -0.39 is 0 Å². The molecule has 0 bridgehead atoms. The van der Waals surface area contributed by atoms with Gasteiger partial charge in [-0.25, -0.2) is 8.78 Å². The SMILES string of the molecule is CN=C(NCc1cc(C#N)ccc1F)NC1CCN(c2cccc(F)c2)CC1. The summed E-state index contributed by atoms with van der Waals surface area (Å²) in [6, 6.07) is 13.2. The van der Waals surface area contributed by atoms with Crippen LogP contribution in [-0.4, -0.2) is 32.1 Å². The Kier molecular flexibility index (Phi) is 6.43. The van der Waals surface area contributed by atoms with Gasteiger partial charge in [0.1, 0.15) is 11.6 Å². The van der Waals surface area contributed by atoms with Gasteiger partial charge in [0.05, 0.1) is 11.6 Å². The van der Waals surface area contributed by atoms with Crippen LogP contribution in [0.4, 0.5) is 14.5 Å². The number of guanidine groups is 1. The third-order valence-corrected chi connectivity index (χ3v) is 4.85. The molecule has 0 atom stereocenters. The van der Waals surface area contributed by atoms with Gasteiger partial charge in [-0.3, -0.25) is 4.99 Å². The lowest BCUT2D eigenvalue weighted by Crippen LogP contribution is -2.48. The van der Waals surface area contributed by atoms with Crippen LogP contribution in [0.3, 0.4) is 0 Å². The van der Waals surface area contributed by atoms with Crippen molar-refractivity contribution in [1.29, 1.82) is 5.26 Å². The van der Waals surface area contributed by atoms with Gasteiger partial charge in [0.25, 0.3) is 0 Å². The Morgan fingerprint density at radius 3 is 2.68 bits per heavy atom. The fourth-order valence-corrected chi connectivity index (χ4v) is 3.30. The monoisotopic (exact) mass is 383 g/mol. The molecule has 1 fully saturated rings. The van der Waals surface area contributed by atoms with Crippen molar-refractivity contribution in [2.45, 2.75) is 25.4 Å². The molecule has 2 aromatic rings. The first-order valence-corrected chi connectivity index (χ1v) is 9.25. The molecule has 1 saturated heterocycles. The molecule has 28 heavy (non-hydrogen) atoms. The molecule has 1 aliphatic heterocycles. The van der Waals surface area contributed by atoms with Crippen molar-refractivity contribution >= 4 is 11.6 Å². The lowest BCUT2D eigenvalue weighted by atomic mass is 10.0. The second-order valence-corrected chi connectivity index (χ2v) is 6.73. The smallest absolute Gasteiger partial charge is 0.191 e. The van der Waals surface area contributed by atoms with Gasteiger partial charge in [-0.15, -0.1) is 0 Å². The van der Waals surface area contributed by atoms with Crippen molar-refractivity contribution in [1.82, 2.24) is 10.6 Å². The number of benzene rings is 2. The van der Waals surface area contributed by atoms with E-state index in [1.54, 1.807) is 19.2 Å². The standard InChI is InChI=1S/C21H23F2N5/c1-25-21(26-14-16-11-15(13-24)5-6-20(16)23)27-18-7-9-28(10-8-18)19-4-2-3-17(22)12-19/h2-6,11-12,18H,7-10,14H2,1H3,(H2,25,26,27). The van der Waals surface area contributed by atoms with E-state index in [-0.39, 0.29) is 24.2 Å². The summed E-state index contributed by atoms with van der Waals surface area (Å²) in [5.74, 6) is 0.00590. The lowest BCUT2D eigenvalue weighted by molar-refractivity contribution is 0.460. The normalized spacial score (nSPS) is 15.2. The van der Waals surface area contributed by atoms with E-state index in [0.29, 0.717) is 17.1 Å². The molecule has 7 heteroatoms. The Balaban J connectivity index is 1.52. The predicted molar refractivity (Wildman–Crippen MR) is 106 cm³/mol. The minimum absolute atomic E-state index is 0.227. The Morgan fingerprint density at radius 2 is 2.00 bits per heavy atom. The Hall–Kier alpha value is -3.14. The summed E-state index contributed by atoms with van der Waals surface area (Å²) >= 11 is 0. The fourth-order valence-electron chi connectivity index (χ4n) is 3.30. The van der Waals surface area contributed by atoms with Crippen LogP contribution in [-0.2, 0) is 6.54 Å². The van der Waals surface area contributed by atoms with Gasteiger partial charge in [0.15, 0.2) is 5.96 Å². The second kappa shape index (κ2) is 9.18. The quantitative estimate of drug-likeness (QED) is 0.629. The molecule has 3 rings (SSSR count). The number of anilines is 1. The van der Waals surface area contributed by atoms with Crippen LogP contribution < -0.4 is 15.5 Å². The minimum Gasteiger partial charge on any atom is -0.371 e. The molecule has 0 amide bonds. The third kappa shape index (κ3) is 4.97. The Bertz CT molecular complexity index is 883. The fraction of sp³-hybridized carbons (Fsp3) is 0.333. The summed E-state index contributed by atoms with van der Waals surface area (Å²) in [5.41, 5.74) is 1.74. The first-order valence-electron chi connectivity index (χ1n) is 9.25. The van der Waals surface area contributed by atoms with Crippen molar-refractivity contribution in [2.24, 2.45) is 4.99 Å². The molecule has 0 aliphatic carbocycles. The van der Waals surface area contributed by atoms with Gasteiger partial charge < -0.3 is 15.5 Å². The van der Waals surface area contributed by atoms with E-state index in [0.717, 1.165) is 31.6 Å². The number of hydrogen-bond donors (Lipinski definition) is 2. The summed E-state index contributed by atoms with van der Waals surface area (Å²) in [4.78, 5) is 6.37. The maximum Gasteiger partial charge on any atom is 0.191 e. The zero-order chi connectivity index (χ0) is 19.9. The van der Waals surface area contributed by atoms with E-state index in [1.807, 2.05) is 12.1 Å². The Labute approximate surface area is 163 Å². The molecule has 0 saturated carbocycles. The third-order valence-electron chi connectivity index (χ3n) is 4.85. The molecular weight excluding hydrogens is 360 g/mol. The van der Waals surface area contributed by atoms with E-state index in [2.05, 4.69) is 20.5 Å². The molecule has 2 N–H and O–H groups in total. The molecule has 5 nitrogen and oxygen atoms in total. The van der Waals surface area contributed by atoms with Crippen molar-refractivity contribution in [3.05, 3.63) is 65.2 Å². The van der Waals surface area contributed by atoms with Crippen LogP contribution in [0.15, 0.2) is 47.5 Å². The molecule has 0 radical (unpaired) electrons. The highest BCUT2D eigenvalue weighted by Crippen LogP contribution is 2.20. The van der Waals surface area contributed by atoms with Crippen LogP contribution in [0, 0.1) is 23.0 Å². The van der Waals surface area contributed by atoms with Gasteiger partial charge >= 0.3 is 0 Å². The maximum atomic E-state index is 13.9. The summed E-state index contributed by atoms with van der Waals surface area (Å²) in [6.45, 7) is 1.87. The van der Waals surface area contributed by atoms with Gasteiger partial charge in [-0.1, -0.05) is 6.07 Å². The Morgan fingerprint density at radius 1 is 1.21 bits per heavy atom. The average Bonchev–Trinajstić information content (AvgIpc) is 2.72. The first kappa shape index (κ1) is 19.6. The van der Waals surface area contributed by atoms with E-state index in [9.17, 15) is 8.78 Å². The van der Waals surface area contributed by atoms with Gasteiger partial charge in [0.2, 0.25) is 0 Å². The molecule has 146 valence electrons. The first-order chi connectivity index (χ1) is 13.6. The number of halogens is 2. The van der Waals surface area contributed by atoms with Crippen LogP contribution >= 0.6 is 0 Å². The summed E-state index contributed by atoms with van der Waals surface area (Å²) < 4.78 is 27.3. The zero-order valence-corrected chi connectivity index (χ0v) is 15.8. The van der Waals surface area contributed by atoms with Gasteiger partial charge in [-0.05, 0) is 49.2 Å². The van der Waals surface area contributed by atoms with E-state index in [4.69, 9.17) is 5.26 Å². The van der Waals surface area contributed by atoms with Crippen molar-refractivity contribution < 1.29 is 8.78 Å². The van der Waals surface area contributed by atoms with Gasteiger partial charge in [-0.2, -0.15) is 5.26 Å². The number of hydrogen-bond acceptors (Lipinski definition) is 3. The highest BCUT2D eigenvalue weighted by molar-refractivity contribution is 5.80. The van der Waals surface area contributed by atoms with Crippen LogP contribution in [0.5, 0.6) is 0 Å². The molecular formula is C21H23F2N5. The average molecular weight is 383 g/mol. The van der Waals surface area contributed by atoms with E-state index >= 15 is 0 Å². The molecule has 2 aromatic carbocycles. The number of nitrogens with zero attached hydrogens (tertiary/aromatic N) is 3. The topological polar surface area (TPSA) is 63.5 Å². The lowest BCUT2D eigenvalue weighted by Gasteiger charge is -2.34. The summed E-state index contributed by atoms with van der Waals surface area (Å²) in [5, 5.41) is 15.4. The molecule has 0 unspecified atom stereocenters. The zero-order valence-electron chi connectivity index (χ0n) is 15.8. The molecule has 0 spiro atoms. The molecule has 0 aromatic heterocycles. The number of aliphatic imine (C=N–C) groups is 1. The molecule has 1 heterocycles. The van der Waals surface area contributed by atoms with Crippen molar-refractivity contribution in [3.8, 4) is 6.07 Å². The predicted octanol–water partition coefficient (Wildman–Crippen LogP) is 3.17. The number of piperidine rings is 1. The highest BCUT2D eigenvalue weighted by Gasteiger charge is 2.20. The molecule has 1 aliphatic rings.